The number of ether oxygens (including phenoxy) is 1. The smallest absolute Gasteiger partial charge is 0.230 e. The highest BCUT2D eigenvalue weighted by atomic mass is 16.5. The summed E-state index contributed by atoms with van der Waals surface area (Å²) in [5, 5.41) is 0. The molecule has 5 heteroatoms. The number of H-pyrrole nitrogens is 1. The van der Waals surface area contributed by atoms with Crippen LogP contribution < -0.4 is 9.64 Å². The van der Waals surface area contributed by atoms with E-state index in [0.717, 1.165) is 42.0 Å². The van der Waals surface area contributed by atoms with Crippen molar-refractivity contribution in [3.05, 3.63) is 42.0 Å². The molecule has 5 nitrogen and oxygen atoms in total. The van der Waals surface area contributed by atoms with Gasteiger partial charge in [0.25, 0.3) is 0 Å². The number of carbonyl (C=O) groups excluding carboxylic acids is 1. The van der Waals surface area contributed by atoms with Crippen molar-refractivity contribution in [1.82, 2.24) is 9.97 Å². The van der Waals surface area contributed by atoms with Gasteiger partial charge in [-0.15, -0.1) is 0 Å². The summed E-state index contributed by atoms with van der Waals surface area (Å²) < 4.78 is 5.79. The fourth-order valence-electron chi connectivity index (χ4n) is 3.17. The van der Waals surface area contributed by atoms with E-state index >= 15 is 0 Å². The van der Waals surface area contributed by atoms with E-state index in [1.165, 1.54) is 5.57 Å². The Bertz CT molecular complexity index is 776. The summed E-state index contributed by atoms with van der Waals surface area (Å²) in [7, 11) is 0. The van der Waals surface area contributed by atoms with Gasteiger partial charge in [-0.3, -0.25) is 4.79 Å². The van der Waals surface area contributed by atoms with Gasteiger partial charge < -0.3 is 14.6 Å². The number of aromatic nitrogens is 2. The van der Waals surface area contributed by atoms with Crippen molar-refractivity contribution >= 4 is 23.2 Å². The summed E-state index contributed by atoms with van der Waals surface area (Å²) in [6.07, 6.45) is 8.48. The second-order valence-electron chi connectivity index (χ2n) is 6.31. The molecule has 1 N–H and O–H groups in total. The van der Waals surface area contributed by atoms with E-state index in [2.05, 4.69) is 22.1 Å². The lowest BCUT2D eigenvalue weighted by Gasteiger charge is -2.25. The zero-order chi connectivity index (χ0) is 16.5. The quantitative estimate of drug-likeness (QED) is 0.937. The zero-order valence-electron chi connectivity index (χ0n) is 13.8. The lowest BCUT2D eigenvalue weighted by molar-refractivity contribution is -0.119. The predicted octanol–water partition coefficient (Wildman–Crippen LogP) is 3.50. The second-order valence-corrected chi connectivity index (χ2v) is 6.31. The van der Waals surface area contributed by atoms with Crippen molar-refractivity contribution in [2.45, 2.75) is 26.2 Å². The standard InChI is InChI=1S/C19H21N3O2/c1-2-22(19(23)13-3-4-13)16-5-6-18-17(10-16)14(7-8-24-18)9-15-11-20-12-21-15/h5-6,9-13H,2-4,7-8H2,1H3,(H,20,21)/b14-9-. The molecule has 0 saturated heterocycles. The van der Waals surface area contributed by atoms with Crippen LogP contribution in [-0.2, 0) is 4.79 Å². The number of amides is 1. The molecule has 1 aromatic carbocycles. The molecule has 1 aliphatic heterocycles. The van der Waals surface area contributed by atoms with Crippen molar-refractivity contribution in [1.29, 1.82) is 0 Å². The molecule has 1 aromatic heterocycles. The van der Waals surface area contributed by atoms with Crippen molar-refractivity contribution in [3.63, 3.8) is 0 Å². The van der Waals surface area contributed by atoms with Crippen molar-refractivity contribution in [3.8, 4) is 5.75 Å². The molecule has 2 aromatic rings. The van der Waals surface area contributed by atoms with Crippen LogP contribution in [0.15, 0.2) is 30.7 Å². The lowest BCUT2D eigenvalue weighted by Crippen LogP contribution is -2.32. The molecule has 1 saturated carbocycles. The van der Waals surface area contributed by atoms with Crippen molar-refractivity contribution in [2.75, 3.05) is 18.1 Å². The van der Waals surface area contributed by atoms with Gasteiger partial charge in [0.15, 0.2) is 0 Å². The number of carbonyl (C=O) groups is 1. The number of benzene rings is 1. The molecule has 0 unspecified atom stereocenters. The van der Waals surface area contributed by atoms with E-state index in [1.54, 1.807) is 12.5 Å². The topological polar surface area (TPSA) is 58.2 Å². The molecule has 0 spiro atoms. The Morgan fingerprint density at radius 2 is 2.33 bits per heavy atom. The van der Waals surface area contributed by atoms with Gasteiger partial charge in [-0.2, -0.15) is 0 Å². The minimum Gasteiger partial charge on any atom is -0.493 e. The van der Waals surface area contributed by atoms with Gasteiger partial charge in [0.2, 0.25) is 5.91 Å². The first kappa shape index (κ1) is 15.0. The van der Waals surface area contributed by atoms with Gasteiger partial charge in [0.05, 0.1) is 24.8 Å². The largest absolute Gasteiger partial charge is 0.493 e. The average molecular weight is 323 g/mol. The SMILES string of the molecule is CCN(C(=O)C1CC1)c1ccc2c(c1)/C(=C\c1cnc[nH]1)CCO2. The van der Waals surface area contributed by atoms with Gasteiger partial charge in [0.1, 0.15) is 5.75 Å². The normalized spacial score (nSPS) is 18.1. The summed E-state index contributed by atoms with van der Waals surface area (Å²) in [6.45, 7) is 3.39. The molecule has 1 amide bonds. The minimum atomic E-state index is 0.220. The van der Waals surface area contributed by atoms with Crippen molar-refractivity contribution < 1.29 is 9.53 Å². The molecule has 4 rings (SSSR count). The van der Waals surface area contributed by atoms with Crippen LogP contribution in [-0.4, -0.2) is 29.0 Å². The first-order chi connectivity index (χ1) is 11.8. The molecule has 2 aliphatic rings. The number of nitrogens with zero attached hydrogens (tertiary/aromatic N) is 2. The highest BCUT2D eigenvalue weighted by Gasteiger charge is 2.33. The van der Waals surface area contributed by atoms with Crippen LogP contribution in [0.3, 0.4) is 0 Å². The molecule has 0 bridgehead atoms. The summed E-state index contributed by atoms with van der Waals surface area (Å²) in [5.74, 6) is 1.34. The van der Waals surface area contributed by atoms with Crippen LogP contribution in [0, 0.1) is 5.92 Å². The predicted molar refractivity (Wildman–Crippen MR) is 93.8 cm³/mol. The molecule has 124 valence electrons. The second kappa shape index (κ2) is 6.15. The third-order valence-electron chi connectivity index (χ3n) is 4.61. The Hall–Kier alpha value is -2.56. The van der Waals surface area contributed by atoms with Gasteiger partial charge >= 0.3 is 0 Å². The van der Waals surface area contributed by atoms with E-state index in [9.17, 15) is 4.79 Å². The third-order valence-corrected chi connectivity index (χ3v) is 4.61. The van der Waals surface area contributed by atoms with Gasteiger partial charge in [-0.25, -0.2) is 4.98 Å². The molecule has 2 heterocycles. The molecule has 24 heavy (non-hydrogen) atoms. The molecule has 0 radical (unpaired) electrons. The number of anilines is 1. The molecular weight excluding hydrogens is 302 g/mol. The fourth-order valence-corrected chi connectivity index (χ4v) is 3.17. The van der Waals surface area contributed by atoms with Crippen molar-refractivity contribution in [2.24, 2.45) is 5.92 Å². The Morgan fingerprint density at radius 1 is 1.46 bits per heavy atom. The van der Waals surface area contributed by atoms with E-state index in [0.29, 0.717) is 13.2 Å². The maximum atomic E-state index is 12.5. The monoisotopic (exact) mass is 323 g/mol. The maximum Gasteiger partial charge on any atom is 0.230 e. The summed E-state index contributed by atoms with van der Waals surface area (Å²) >= 11 is 0. The Balaban J connectivity index is 1.71. The first-order valence-corrected chi connectivity index (χ1v) is 8.54. The van der Waals surface area contributed by atoms with Gasteiger partial charge in [-0.1, -0.05) is 0 Å². The van der Waals surface area contributed by atoms with Crippen LogP contribution in [0.4, 0.5) is 5.69 Å². The minimum absolute atomic E-state index is 0.220. The van der Waals surface area contributed by atoms with Crippen LogP contribution in [0.2, 0.25) is 0 Å². The molecule has 1 fully saturated rings. The Morgan fingerprint density at radius 3 is 3.04 bits per heavy atom. The Labute approximate surface area is 141 Å². The summed E-state index contributed by atoms with van der Waals surface area (Å²) in [6, 6.07) is 6.05. The number of hydrogen-bond donors (Lipinski definition) is 1. The van der Waals surface area contributed by atoms with E-state index in [-0.39, 0.29) is 11.8 Å². The van der Waals surface area contributed by atoms with E-state index in [1.807, 2.05) is 24.0 Å². The van der Waals surface area contributed by atoms with Crippen LogP contribution in [0.5, 0.6) is 5.75 Å². The van der Waals surface area contributed by atoms with E-state index in [4.69, 9.17) is 4.74 Å². The van der Waals surface area contributed by atoms with E-state index < -0.39 is 0 Å². The van der Waals surface area contributed by atoms with Gasteiger partial charge in [0, 0.05) is 30.1 Å². The molecule has 0 atom stereocenters. The van der Waals surface area contributed by atoms with Gasteiger partial charge in [-0.05, 0) is 49.6 Å². The van der Waals surface area contributed by atoms with Crippen LogP contribution >= 0.6 is 0 Å². The Kier molecular flexibility index (Phi) is 3.84. The number of aromatic amines is 1. The number of rotatable bonds is 4. The molecular formula is C19H21N3O2. The highest BCUT2D eigenvalue weighted by molar-refractivity contribution is 5.97. The highest BCUT2D eigenvalue weighted by Crippen LogP contribution is 2.38. The number of fused-ring (bicyclic) bond motifs is 1. The number of hydrogen-bond acceptors (Lipinski definition) is 3. The summed E-state index contributed by atoms with van der Waals surface area (Å²) in [4.78, 5) is 21.6. The average Bonchev–Trinajstić information content (AvgIpc) is 3.34. The lowest BCUT2D eigenvalue weighted by atomic mass is 9.97. The van der Waals surface area contributed by atoms with Crippen LogP contribution in [0.25, 0.3) is 11.6 Å². The maximum absolute atomic E-state index is 12.5. The van der Waals surface area contributed by atoms with Crippen LogP contribution in [0.1, 0.15) is 37.4 Å². The summed E-state index contributed by atoms with van der Waals surface area (Å²) in [5.41, 5.74) is 4.20. The molecule has 1 aliphatic carbocycles. The zero-order valence-corrected chi connectivity index (χ0v) is 13.8. The first-order valence-electron chi connectivity index (χ1n) is 8.54. The number of imidazole rings is 1. The number of nitrogens with one attached hydrogen (secondary N) is 1. The fraction of sp³-hybridized carbons (Fsp3) is 0.368. The third kappa shape index (κ3) is 2.82.